The molecular formula is C21H22N4O5S. The maximum Gasteiger partial charge on any atom is 0.221 e. The number of hydrogen-bond donors (Lipinski definition) is 1. The molecule has 0 radical (unpaired) electrons. The van der Waals surface area contributed by atoms with E-state index in [4.69, 9.17) is 9.47 Å². The Kier molecular flexibility index (Phi) is 6.17. The van der Waals surface area contributed by atoms with E-state index in [-0.39, 0.29) is 23.0 Å². The van der Waals surface area contributed by atoms with Crippen molar-refractivity contribution in [1.82, 2.24) is 20.1 Å². The molecule has 0 fully saturated rings. The fraction of sp³-hybridized carbons (Fsp3) is 0.286. The quantitative estimate of drug-likeness (QED) is 0.564. The number of nitrogens with one attached hydrogen (secondary N) is 1. The van der Waals surface area contributed by atoms with Gasteiger partial charge in [-0.25, -0.2) is 18.1 Å². The predicted octanol–water partition coefficient (Wildman–Crippen LogP) is 1.58. The molecule has 0 saturated carbocycles. The van der Waals surface area contributed by atoms with Crippen LogP contribution in [0.2, 0.25) is 0 Å². The largest absolute Gasteiger partial charge is 0.486 e. The molecule has 0 aliphatic carbocycles. The Bertz CT molecular complexity index is 1150. The van der Waals surface area contributed by atoms with Crippen molar-refractivity contribution in [3.63, 3.8) is 0 Å². The van der Waals surface area contributed by atoms with Crippen LogP contribution in [-0.4, -0.2) is 48.1 Å². The average Bonchev–Trinajstić information content (AvgIpc) is 3.30. The van der Waals surface area contributed by atoms with Crippen molar-refractivity contribution in [2.75, 3.05) is 19.0 Å². The first-order valence-electron chi connectivity index (χ1n) is 9.79. The molecule has 0 bridgehead atoms. The minimum atomic E-state index is -3.61. The van der Waals surface area contributed by atoms with Crippen LogP contribution in [0, 0.1) is 0 Å². The Balaban J connectivity index is 1.27. The smallest absolute Gasteiger partial charge is 0.221 e. The first-order valence-corrected chi connectivity index (χ1v) is 11.4. The van der Waals surface area contributed by atoms with Gasteiger partial charge in [-0.1, -0.05) is 24.3 Å². The summed E-state index contributed by atoms with van der Waals surface area (Å²) in [6.45, 7) is 1.75. The number of carbonyl (C=O) groups is 1. The van der Waals surface area contributed by atoms with Gasteiger partial charge in [0.05, 0.1) is 17.2 Å². The summed E-state index contributed by atoms with van der Waals surface area (Å²) in [6, 6.07) is 12.2. The van der Waals surface area contributed by atoms with Crippen LogP contribution in [-0.2, 0) is 27.7 Å². The van der Waals surface area contributed by atoms with Crippen LogP contribution in [0.3, 0.4) is 0 Å². The first-order chi connectivity index (χ1) is 15.0. The van der Waals surface area contributed by atoms with E-state index in [0.29, 0.717) is 37.8 Å². The molecular weight excluding hydrogens is 420 g/mol. The highest BCUT2D eigenvalue weighted by Gasteiger charge is 2.20. The Morgan fingerprint density at radius 3 is 2.52 bits per heavy atom. The summed E-state index contributed by atoms with van der Waals surface area (Å²) in [4.78, 5) is 16.2. The Labute approximate surface area is 179 Å². The van der Waals surface area contributed by atoms with Gasteiger partial charge in [0.2, 0.25) is 5.91 Å². The summed E-state index contributed by atoms with van der Waals surface area (Å²) in [5.74, 6) is 0.321. The van der Waals surface area contributed by atoms with Gasteiger partial charge >= 0.3 is 0 Å². The molecule has 162 valence electrons. The van der Waals surface area contributed by atoms with Gasteiger partial charge in [-0.3, -0.25) is 4.79 Å². The highest BCUT2D eigenvalue weighted by Crippen LogP contribution is 2.32. The van der Waals surface area contributed by atoms with Crippen LogP contribution in [0.4, 0.5) is 0 Å². The number of sulfone groups is 1. The van der Waals surface area contributed by atoms with Crippen LogP contribution in [0.25, 0.3) is 0 Å². The fourth-order valence-electron chi connectivity index (χ4n) is 3.12. The summed E-state index contributed by atoms with van der Waals surface area (Å²) >= 11 is 0. The van der Waals surface area contributed by atoms with Crippen molar-refractivity contribution in [1.29, 1.82) is 0 Å². The Hall–Kier alpha value is -3.40. The molecule has 31 heavy (non-hydrogen) atoms. The third kappa shape index (κ3) is 5.40. The van der Waals surface area contributed by atoms with Gasteiger partial charge in [0.25, 0.3) is 0 Å². The van der Waals surface area contributed by atoms with Crippen molar-refractivity contribution in [3.8, 4) is 11.5 Å². The number of amides is 1. The van der Waals surface area contributed by atoms with Crippen LogP contribution in [0.5, 0.6) is 11.5 Å². The normalized spacial score (nSPS) is 13.0. The van der Waals surface area contributed by atoms with Crippen LogP contribution < -0.4 is 14.8 Å². The molecule has 9 nitrogen and oxygen atoms in total. The lowest BCUT2D eigenvalue weighted by Gasteiger charge is -2.18. The van der Waals surface area contributed by atoms with Crippen molar-refractivity contribution >= 4 is 15.7 Å². The Morgan fingerprint density at radius 2 is 1.77 bits per heavy atom. The van der Waals surface area contributed by atoms with Gasteiger partial charge in [0.1, 0.15) is 25.9 Å². The topological polar surface area (TPSA) is 112 Å². The summed E-state index contributed by atoms with van der Waals surface area (Å²) in [7, 11) is -3.61. The lowest BCUT2D eigenvalue weighted by atomic mass is 10.1. The van der Waals surface area contributed by atoms with Gasteiger partial charge in [-0.15, -0.1) is 0 Å². The molecule has 4 rings (SSSR count). The standard InChI is InChI=1S/C21H22N4O5S/c26-21(23-12-16-1-3-17(4-2-16)13-25-15-22-14-24-25)7-10-31(27,28)18-5-6-19-20(11-18)30-9-8-29-19/h1-6,11,14-15H,7-10,12-13H2,(H,23,26). The van der Waals surface area contributed by atoms with Crippen LogP contribution in [0.15, 0.2) is 60.0 Å². The van der Waals surface area contributed by atoms with E-state index in [0.717, 1.165) is 11.1 Å². The molecule has 10 heteroatoms. The number of hydrogen-bond acceptors (Lipinski definition) is 7. The highest BCUT2D eigenvalue weighted by atomic mass is 32.2. The average molecular weight is 442 g/mol. The maximum absolute atomic E-state index is 12.6. The molecule has 3 aromatic rings. The van der Waals surface area contributed by atoms with Crippen molar-refractivity contribution in [2.45, 2.75) is 24.4 Å². The molecule has 2 aromatic carbocycles. The number of ether oxygens (including phenoxy) is 2. The monoisotopic (exact) mass is 442 g/mol. The number of benzene rings is 2. The van der Waals surface area contributed by atoms with E-state index in [1.54, 1.807) is 17.1 Å². The number of carbonyl (C=O) groups excluding carboxylic acids is 1. The summed E-state index contributed by atoms with van der Waals surface area (Å²) in [5.41, 5.74) is 1.98. The van der Waals surface area contributed by atoms with E-state index in [2.05, 4.69) is 15.4 Å². The van der Waals surface area contributed by atoms with Crippen molar-refractivity contribution in [2.24, 2.45) is 0 Å². The fourth-order valence-corrected chi connectivity index (χ4v) is 4.37. The molecule has 1 aliphatic heterocycles. The third-order valence-electron chi connectivity index (χ3n) is 4.79. The lowest BCUT2D eigenvalue weighted by Crippen LogP contribution is -2.25. The number of aromatic nitrogens is 3. The number of fused-ring (bicyclic) bond motifs is 1. The summed E-state index contributed by atoms with van der Waals surface area (Å²) in [6.07, 6.45) is 3.01. The van der Waals surface area contributed by atoms with E-state index < -0.39 is 9.84 Å². The third-order valence-corrected chi connectivity index (χ3v) is 6.51. The highest BCUT2D eigenvalue weighted by molar-refractivity contribution is 7.91. The minimum absolute atomic E-state index is 0.118. The van der Waals surface area contributed by atoms with E-state index >= 15 is 0 Å². The molecule has 1 aromatic heterocycles. The molecule has 0 unspecified atom stereocenters. The van der Waals surface area contributed by atoms with E-state index in [9.17, 15) is 13.2 Å². The molecule has 2 heterocycles. The van der Waals surface area contributed by atoms with Crippen LogP contribution >= 0.6 is 0 Å². The predicted molar refractivity (Wildman–Crippen MR) is 112 cm³/mol. The Morgan fingerprint density at radius 1 is 1.03 bits per heavy atom. The lowest BCUT2D eigenvalue weighted by molar-refractivity contribution is -0.120. The number of rotatable bonds is 8. The second-order valence-corrected chi connectivity index (χ2v) is 9.17. The second kappa shape index (κ2) is 9.17. The number of nitrogens with zero attached hydrogens (tertiary/aromatic N) is 3. The van der Waals surface area contributed by atoms with Gasteiger partial charge in [0.15, 0.2) is 21.3 Å². The molecule has 0 saturated heterocycles. The van der Waals surface area contributed by atoms with Crippen molar-refractivity contribution in [3.05, 3.63) is 66.2 Å². The molecule has 1 aliphatic rings. The van der Waals surface area contributed by atoms with Gasteiger partial charge in [0, 0.05) is 19.0 Å². The summed E-state index contributed by atoms with van der Waals surface area (Å²) < 4.78 is 37.7. The zero-order valence-corrected chi connectivity index (χ0v) is 17.5. The first kappa shape index (κ1) is 20.9. The van der Waals surface area contributed by atoms with E-state index in [1.165, 1.54) is 18.5 Å². The van der Waals surface area contributed by atoms with Gasteiger partial charge in [-0.05, 0) is 23.3 Å². The van der Waals surface area contributed by atoms with Crippen molar-refractivity contribution < 1.29 is 22.7 Å². The minimum Gasteiger partial charge on any atom is -0.486 e. The van der Waals surface area contributed by atoms with Gasteiger partial charge < -0.3 is 14.8 Å². The second-order valence-electron chi connectivity index (χ2n) is 7.06. The van der Waals surface area contributed by atoms with E-state index in [1.807, 2.05) is 24.3 Å². The molecule has 1 amide bonds. The SMILES string of the molecule is O=C(CCS(=O)(=O)c1ccc2c(c1)OCCO2)NCc1ccc(Cn2cncn2)cc1. The molecule has 1 N–H and O–H groups in total. The van der Waals surface area contributed by atoms with Crippen LogP contribution in [0.1, 0.15) is 17.5 Å². The van der Waals surface area contributed by atoms with Gasteiger partial charge in [-0.2, -0.15) is 5.10 Å². The zero-order valence-electron chi connectivity index (χ0n) is 16.7. The zero-order chi connectivity index (χ0) is 21.7. The molecule has 0 atom stereocenters. The molecule has 0 spiro atoms. The summed E-state index contributed by atoms with van der Waals surface area (Å²) in [5, 5.41) is 6.83. The maximum atomic E-state index is 12.6.